The molecule has 0 atom stereocenters. The molecule has 2 rings (SSSR count). The van der Waals surface area contributed by atoms with Crippen LogP contribution in [0.1, 0.15) is 22.2 Å². The maximum atomic E-state index is 13.3. The van der Waals surface area contributed by atoms with E-state index in [1.54, 1.807) is 6.07 Å². The van der Waals surface area contributed by atoms with E-state index in [0.29, 0.717) is 6.54 Å². The molecule has 1 N–H and O–H groups in total. The lowest BCUT2D eigenvalue weighted by Crippen LogP contribution is -2.12. The van der Waals surface area contributed by atoms with Crippen molar-refractivity contribution in [2.24, 2.45) is 0 Å². The molecule has 0 spiro atoms. The summed E-state index contributed by atoms with van der Waals surface area (Å²) in [6.45, 7) is 3.54. The molecule has 1 aromatic heterocycles. The first-order chi connectivity index (χ1) is 8.29. The van der Waals surface area contributed by atoms with Crippen LogP contribution in [0.4, 0.5) is 4.39 Å². The van der Waals surface area contributed by atoms with E-state index in [1.807, 2.05) is 23.5 Å². The lowest BCUT2D eigenvalue weighted by Gasteiger charge is -2.04. The molecule has 1 heterocycles. The minimum atomic E-state index is -0.138. The molecule has 0 radical (unpaired) electrons. The first-order valence-corrected chi connectivity index (χ1v) is 6.63. The van der Waals surface area contributed by atoms with Crippen LogP contribution in [0.5, 0.6) is 0 Å². The first-order valence-electron chi connectivity index (χ1n) is 5.81. The fourth-order valence-electron chi connectivity index (χ4n) is 1.67. The molecule has 0 saturated heterocycles. The second-order valence-corrected chi connectivity index (χ2v) is 5.17. The van der Waals surface area contributed by atoms with Crippen LogP contribution in [0, 0.1) is 5.82 Å². The summed E-state index contributed by atoms with van der Waals surface area (Å²) in [7, 11) is 0. The van der Waals surface area contributed by atoms with Crippen molar-refractivity contribution >= 4 is 11.3 Å². The molecule has 0 aliphatic carbocycles. The zero-order valence-corrected chi connectivity index (χ0v) is 10.7. The van der Waals surface area contributed by atoms with Gasteiger partial charge in [-0.15, -0.1) is 11.3 Å². The van der Waals surface area contributed by atoms with Crippen LogP contribution in [0.3, 0.4) is 0 Å². The van der Waals surface area contributed by atoms with Gasteiger partial charge in [0, 0.05) is 28.4 Å². The van der Waals surface area contributed by atoms with E-state index in [9.17, 15) is 4.39 Å². The van der Waals surface area contributed by atoms with Crippen molar-refractivity contribution in [2.75, 3.05) is 0 Å². The highest BCUT2D eigenvalue weighted by atomic mass is 32.1. The molecule has 90 valence electrons. The third kappa shape index (κ3) is 3.38. The van der Waals surface area contributed by atoms with E-state index in [4.69, 9.17) is 0 Å². The lowest BCUT2D eigenvalue weighted by molar-refractivity contribution is 0.589. The molecule has 0 unspecified atom stereocenters. The second kappa shape index (κ2) is 5.94. The molecule has 17 heavy (non-hydrogen) atoms. The van der Waals surface area contributed by atoms with Gasteiger partial charge in [0.25, 0.3) is 0 Å². The SMILES string of the molecule is CCc1ccc(CNCc2ccccc2F)s1. The molecular weight excluding hydrogens is 233 g/mol. The molecule has 0 saturated carbocycles. The number of halogens is 1. The Morgan fingerprint density at radius 3 is 2.53 bits per heavy atom. The van der Waals surface area contributed by atoms with Crippen molar-refractivity contribution < 1.29 is 4.39 Å². The van der Waals surface area contributed by atoms with Crippen LogP contribution in [0.15, 0.2) is 36.4 Å². The number of thiophene rings is 1. The molecule has 1 nitrogen and oxygen atoms in total. The molecule has 0 fully saturated rings. The monoisotopic (exact) mass is 249 g/mol. The van der Waals surface area contributed by atoms with Gasteiger partial charge in [-0.2, -0.15) is 0 Å². The lowest BCUT2D eigenvalue weighted by atomic mass is 10.2. The van der Waals surface area contributed by atoms with Gasteiger partial charge in [-0.05, 0) is 24.6 Å². The van der Waals surface area contributed by atoms with E-state index < -0.39 is 0 Å². The van der Waals surface area contributed by atoms with Crippen molar-refractivity contribution in [1.82, 2.24) is 5.32 Å². The van der Waals surface area contributed by atoms with Gasteiger partial charge in [0.2, 0.25) is 0 Å². The average Bonchev–Trinajstić information content (AvgIpc) is 2.80. The summed E-state index contributed by atoms with van der Waals surface area (Å²) in [4.78, 5) is 2.70. The zero-order valence-electron chi connectivity index (χ0n) is 9.87. The van der Waals surface area contributed by atoms with E-state index in [2.05, 4.69) is 24.4 Å². The Labute approximate surface area is 105 Å². The molecule has 0 aliphatic heterocycles. The molecule has 0 aliphatic rings. The van der Waals surface area contributed by atoms with E-state index in [1.165, 1.54) is 15.8 Å². The number of hydrogen-bond acceptors (Lipinski definition) is 2. The maximum absolute atomic E-state index is 13.3. The van der Waals surface area contributed by atoms with Gasteiger partial charge in [0.05, 0.1) is 0 Å². The van der Waals surface area contributed by atoms with Gasteiger partial charge < -0.3 is 5.32 Å². The smallest absolute Gasteiger partial charge is 0.127 e. The summed E-state index contributed by atoms with van der Waals surface area (Å²) in [6, 6.07) is 11.2. The topological polar surface area (TPSA) is 12.0 Å². The summed E-state index contributed by atoms with van der Waals surface area (Å²) in [5.74, 6) is -0.138. The van der Waals surface area contributed by atoms with E-state index >= 15 is 0 Å². The Balaban J connectivity index is 1.85. The number of nitrogens with one attached hydrogen (secondary N) is 1. The van der Waals surface area contributed by atoms with E-state index in [-0.39, 0.29) is 5.82 Å². The van der Waals surface area contributed by atoms with Crippen LogP contribution < -0.4 is 5.32 Å². The number of benzene rings is 1. The molecule has 2 aromatic rings. The van der Waals surface area contributed by atoms with Crippen molar-refractivity contribution in [3.05, 3.63) is 57.5 Å². The standard InChI is InChI=1S/C14H16FNS/c1-2-12-7-8-13(17-12)10-16-9-11-5-3-4-6-14(11)15/h3-8,16H,2,9-10H2,1H3. The molecular formula is C14H16FNS. The van der Waals surface area contributed by atoms with Gasteiger partial charge in [-0.3, -0.25) is 0 Å². The predicted molar refractivity (Wildman–Crippen MR) is 70.6 cm³/mol. The Hall–Kier alpha value is -1.19. The van der Waals surface area contributed by atoms with Gasteiger partial charge in [0.1, 0.15) is 5.82 Å². The summed E-state index contributed by atoms with van der Waals surface area (Å²) in [6.07, 6.45) is 1.08. The largest absolute Gasteiger partial charge is 0.308 e. The van der Waals surface area contributed by atoms with Crippen molar-refractivity contribution in [3.63, 3.8) is 0 Å². The van der Waals surface area contributed by atoms with Gasteiger partial charge in [-0.25, -0.2) is 4.39 Å². The normalized spacial score (nSPS) is 10.7. The summed E-state index contributed by atoms with van der Waals surface area (Å²) < 4.78 is 13.3. The number of hydrogen-bond donors (Lipinski definition) is 1. The average molecular weight is 249 g/mol. The van der Waals surface area contributed by atoms with Crippen LogP contribution in [0.25, 0.3) is 0 Å². The van der Waals surface area contributed by atoms with E-state index in [0.717, 1.165) is 18.5 Å². The second-order valence-electron chi connectivity index (χ2n) is 3.92. The predicted octanol–water partition coefficient (Wildman–Crippen LogP) is 3.74. The third-order valence-electron chi connectivity index (χ3n) is 2.64. The maximum Gasteiger partial charge on any atom is 0.127 e. The minimum absolute atomic E-state index is 0.138. The highest BCUT2D eigenvalue weighted by Crippen LogP contribution is 2.16. The van der Waals surface area contributed by atoms with Gasteiger partial charge >= 0.3 is 0 Å². The van der Waals surface area contributed by atoms with Crippen LogP contribution >= 0.6 is 11.3 Å². The fraction of sp³-hybridized carbons (Fsp3) is 0.286. The fourth-order valence-corrected chi connectivity index (χ4v) is 2.60. The van der Waals surface area contributed by atoms with Crippen molar-refractivity contribution in [1.29, 1.82) is 0 Å². The Morgan fingerprint density at radius 2 is 1.82 bits per heavy atom. The highest BCUT2D eigenvalue weighted by molar-refractivity contribution is 7.11. The Morgan fingerprint density at radius 1 is 1.06 bits per heavy atom. The quantitative estimate of drug-likeness (QED) is 0.851. The van der Waals surface area contributed by atoms with Gasteiger partial charge in [-0.1, -0.05) is 25.1 Å². The highest BCUT2D eigenvalue weighted by Gasteiger charge is 2.01. The van der Waals surface area contributed by atoms with Crippen LogP contribution in [-0.2, 0) is 19.5 Å². The van der Waals surface area contributed by atoms with Crippen molar-refractivity contribution in [2.45, 2.75) is 26.4 Å². The summed E-state index contributed by atoms with van der Waals surface area (Å²) in [5.41, 5.74) is 0.722. The molecule has 0 amide bonds. The van der Waals surface area contributed by atoms with Gasteiger partial charge in [0.15, 0.2) is 0 Å². The van der Waals surface area contributed by atoms with Crippen molar-refractivity contribution in [3.8, 4) is 0 Å². The minimum Gasteiger partial charge on any atom is -0.308 e. The molecule has 0 bridgehead atoms. The van der Waals surface area contributed by atoms with Crippen LogP contribution in [0.2, 0.25) is 0 Å². The third-order valence-corrected chi connectivity index (χ3v) is 3.87. The Kier molecular flexibility index (Phi) is 4.29. The number of rotatable bonds is 5. The number of aryl methyl sites for hydroxylation is 1. The summed E-state index contributed by atoms with van der Waals surface area (Å²) >= 11 is 1.82. The molecule has 1 aromatic carbocycles. The van der Waals surface area contributed by atoms with Crippen LogP contribution in [-0.4, -0.2) is 0 Å². The molecule has 3 heteroatoms. The zero-order chi connectivity index (χ0) is 12.1. The first kappa shape index (κ1) is 12.3. The summed E-state index contributed by atoms with van der Waals surface area (Å²) in [5, 5.41) is 3.27. The Bertz CT molecular complexity index is 479.